The first-order chi connectivity index (χ1) is 9.00. The van der Waals surface area contributed by atoms with Crippen LogP contribution < -0.4 is 0 Å². The van der Waals surface area contributed by atoms with Crippen LogP contribution in [-0.4, -0.2) is 21.1 Å². The standard InChI is InChI=1S/C13H9NO5/c15-11-7-9(13(16)17)6-10(14(18)19)12(11)8-4-2-1-3-5-8/h1-7,15H,(H,16,17). The molecule has 2 N–H and O–H groups in total. The number of nitro benzene ring substituents is 1. The highest BCUT2D eigenvalue weighted by molar-refractivity contribution is 5.92. The molecule has 0 heterocycles. The summed E-state index contributed by atoms with van der Waals surface area (Å²) in [6.45, 7) is 0. The highest BCUT2D eigenvalue weighted by atomic mass is 16.6. The number of carboxylic acids is 1. The summed E-state index contributed by atoms with van der Waals surface area (Å²) in [6.07, 6.45) is 0. The number of rotatable bonds is 3. The van der Waals surface area contributed by atoms with E-state index in [9.17, 15) is 20.0 Å². The van der Waals surface area contributed by atoms with Crippen LogP contribution in [0.5, 0.6) is 5.75 Å². The number of aromatic carboxylic acids is 1. The van der Waals surface area contributed by atoms with Gasteiger partial charge in [-0.2, -0.15) is 0 Å². The Labute approximate surface area is 107 Å². The van der Waals surface area contributed by atoms with Crippen molar-refractivity contribution in [1.82, 2.24) is 0 Å². The Bertz CT molecular complexity index is 652. The van der Waals surface area contributed by atoms with Gasteiger partial charge in [0.05, 0.1) is 10.5 Å². The fourth-order valence-electron chi connectivity index (χ4n) is 1.78. The molecule has 0 amide bonds. The summed E-state index contributed by atoms with van der Waals surface area (Å²) in [5.41, 5.74) is -0.313. The first kappa shape index (κ1) is 12.6. The lowest BCUT2D eigenvalue weighted by molar-refractivity contribution is -0.384. The monoisotopic (exact) mass is 259 g/mol. The van der Waals surface area contributed by atoms with Crippen molar-refractivity contribution in [2.24, 2.45) is 0 Å². The largest absolute Gasteiger partial charge is 0.507 e. The molecule has 0 aliphatic rings. The molecule has 0 fully saturated rings. The second-order valence-corrected chi connectivity index (χ2v) is 3.82. The predicted octanol–water partition coefficient (Wildman–Crippen LogP) is 2.67. The highest BCUT2D eigenvalue weighted by Gasteiger charge is 2.22. The van der Waals surface area contributed by atoms with Crippen molar-refractivity contribution in [3.63, 3.8) is 0 Å². The van der Waals surface area contributed by atoms with Crippen molar-refractivity contribution in [2.75, 3.05) is 0 Å². The molecule has 0 atom stereocenters. The van der Waals surface area contributed by atoms with E-state index in [0.717, 1.165) is 12.1 Å². The van der Waals surface area contributed by atoms with Gasteiger partial charge in [0.15, 0.2) is 0 Å². The summed E-state index contributed by atoms with van der Waals surface area (Å²) in [5.74, 6) is -1.77. The van der Waals surface area contributed by atoms with E-state index in [2.05, 4.69) is 0 Å². The molecule has 0 bridgehead atoms. The molecule has 2 aromatic carbocycles. The van der Waals surface area contributed by atoms with E-state index in [4.69, 9.17) is 5.11 Å². The SMILES string of the molecule is O=C(O)c1cc(O)c(-c2ccccc2)c([N+](=O)[O-])c1. The minimum Gasteiger partial charge on any atom is -0.507 e. The molecule has 0 aromatic heterocycles. The normalized spacial score (nSPS) is 10.1. The van der Waals surface area contributed by atoms with Gasteiger partial charge in [0.1, 0.15) is 11.3 Å². The van der Waals surface area contributed by atoms with Crippen LogP contribution in [0, 0.1) is 10.1 Å². The first-order valence-electron chi connectivity index (χ1n) is 5.31. The maximum atomic E-state index is 11.0. The average Bonchev–Trinajstić information content (AvgIpc) is 2.38. The molecule has 0 saturated carbocycles. The Morgan fingerprint density at radius 3 is 2.32 bits per heavy atom. The molecule has 0 radical (unpaired) electrons. The Morgan fingerprint density at radius 2 is 1.79 bits per heavy atom. The Morgan fingerprint density at radius 1 is 1.16 bits per heavy atom. The second-order valence-electron chi connectivity index (χ2n) is 3.82. The Kier molecular flexibility index (Phi) is 3.15. The number of nitro groups is 1. The molecule has 6 heteroatoms. The van der Waals surface area contributed by atoms with Crippen LogP contribution in [0.2, 0.25) is 0 Å². The highest BCUT2D eigenvalue weighted by Crippen LogP contribution is 2.38. The minimum absolute atomic E-state index is 0.00981. The maximum absolute atomic E-state index is 11.0. The van der Waals surface area contributed by atoms with Crippen molar-refractivity contribution < 1.29 is 19.9 Å². The molecule has 0 spiro atoms. The van der Waals surface area contributed by atoms with Crippen LogP contribution in [0.15, 0.2) is 42.5 Å². The predicted molar refractivity (Wildman–Crippen MR) is 67.2 cm³/mol. The molecule has 2 rings (SSSR count). The van der Waals surface area contributed by atoms with E-state index < -0.39 is 22.3 Å². The van der Waals surface area contributed by atoms with E-state index in [1.165, 1.54) is 0 Å². The van der Waals surface area contributed by atoms with Gasteiger partial charge in [0.2, 0.25) is 0 Å². The zero-order valence-electron chi connectivity index (χ0n) is 9.61. The number of benzene rings is 2. The van der Waals surface area contributed by atoms with Gasteiger partial charge in [-0.3, -0.25) is 10.1 Å². The van der Waals surface area contributed by atoms with Crippen LogP contribution in [0.4, 0.5) is 5.69 Å². The third kappa shape index (κ3) is 2.37. The lowest BCUT2D eigenvalue weighted by Gasteiger charge is -2.07. The van der Waals surface area contributed by atoms with Crippen molar-refractivity contribution in [1.29, 1.82) is 0 Å². The van der Waals surface area contributed by atoms with Gasteiger partial charge in [0, 0.05) is 6.07 Å². The maximum Gasteiger partial charge on any atom is 0.336 e. The van der Waals surface area contributed by atoms with Crippen molar-refractivity contribution >= 4 is 11.7 Å². The van der Waals surface area contributed by atoms with E-state index in [0.29, 0.717) is 5.56 Å². The van der Waals surface area contributed by atoms with Gasteiger partial charge in [-0.05, 0) is 11.6 Å². The number of hydrogen-bond acceptors (Lipinski definition) is 4. The summed E-state index contributed by atoms with van der Waals surface area (Å²) in [4.78, 5) is 21.2. The summed E-state index contributed by atoms with van der Waals surface area (Å²) in [6, 6.07) is 10.2. The van der Waals surface area contributed by atoms with Crippen LogP contribution >= 0.6 is 0 Å². The first-order valence-corrected chi connectivity index (χ1v) is 5.31. The van der Waals surface area contributed by atoms with E-state index >= 15 is 0 Å². The third-order valence-corrected chi connectivity index (χ3v) is 2.60. The average molecular weight is 259 g/mol. The number of hydrogen-bond donors (Lipinski definition) is 2. The molecule has 0 unspecified atom stereocenters. The van der Waals surface area contributed by atoms with Gasteiger partial charge in [-0.1, -0.05) is 30.3 Å². The minimum atomic E-state index is -1.34. The number of aromatic hydroxyl groups is 1. The molecule has 96 valence electrons. The molecule has 19 heavy (non-hydrogen) atoms. The zero-order valence-corrected chi connectivity index (χ0v) is 9.61. The van der Waals surface area contributed by atoms with Crippen LogP contribution in [0.25, 0.3) is 11.1 Å². The number of carbonyl (C=O) groups is 1. The van der Waals surface area contributed by atoms with Crippen molar-refractivity contribution in [3.8, 4) is 16.9 Å². The smallest absolute Gasteiger partial charge is 0.336 e. The number of nitrogens with zero attached hydrogens (tertiary/aromatic N) is 1. The fraction of sp³-hybridized carbons (Fsp3) is 0. The summed E-state index contributed by atoms with van der Waals surface area (Å²) in [5, 5.41) is 29.7. The Hall–Kier alpha value is -2.89. The van der Waals surface area contributed by atoms with Crippen LogP contribution in [0.1, 0.15) is 10.4 Å². The van der Waals surface area contributed by atoms with Gasteiger partial charge >= 0.3 is 5.97 Å². The van der Waals surface area contributed by atoms with Gasteiger partial charge in [-0.15, -0.1) is 0 Å². The van der Waals surface area contributed by atoms with E-state index in [1.54, 1.807) is 30.3 Å². The second kappa shape index (κ2) is 4.77. The molecule has 2 aromatic rings. The lowest BCUT2D eigenvalue weighted by Crippen LogP contribution is -2.00. The Balaban J connectivity index is 2.73. The summed E-state index contributed by atoms with van der Waals surface area (Å²) >= 11 is 0. The lowest BCUT2D eigenvalue weighted by atomic mass is 10.0. The van der Waals surface area contributed by atoms with Crippen molar-refractivity contribution in [3.05, 3.63) is 58.1 Å². The molecule has 0 saturated heterocycles. The molecular weight excluding hydrogens is 250 g/mol. The molecular formula is C13H9NO5. The van der Waals surface area contributed by atoms with Crippen LogP contribution in [-0.2, 0) is 0 Å². The number of phenolic OH excluding ortho intramolecular Hbond substituents is 1. The van der Waals surface area contributed by atoms with E-state index in [1.807, 2.05) is 0 Å². The third-order valence-electron chi connectivity index (χ3n) is 2.60. The van der Waals surface area contributed by atoms with Gasteiger partial charge in [-0.25, -0.2) is 4.79 Å². The number of carboxylic acid groups (broad SMARTS) is 1. The van der Waals surface area contributed by atoms with E-state index in [-0.39, 0.29) is 11.1 Å². The molecule has 6 nitrogen and oxygen atoms in total. The zero-order chi connectivity index (χ0) is 14.0. The molecule has 0 aliphatic heterocycles. The quantitative estimate of drug-likeness (QED) is 0.651. The fourth-order valence-corrected chi connectivity index (χ4v) is 1.78. The van der Waals surface area contributed by atoms with Gasteiger partial charge < -0.3 is 10.2 Å². The van der Waals surface area contributed by atoms with Crippen LogP contribution in [0.3, 0.4) is 0 Å². The summed E-state index contributed by atoms with van der Waals surface area (Å²) < 4.78 is 0. The van der Waals surface area contributed by atoms with Crippen molar-refractivity contribution in [2.45, 2.75) is 0 Å². The molecule has 0 aliphatic carbocycles. The summed E-state index contributed by atoms with van der Waals surface area (Å²) in [7, 11) is 0. The number of phenols is 1. The van der Waals surface area contributed by atoms with Gasteiger partial charge in [0.25, 0.3) is 5.69 Å². The topological polar surface area (TPSA) is 101 Å².